The van der Waals surface area contributed by atoms with E-state index in [2.05, 4.69) is 18.2 Å². The Morgan fingerprint density at radius 3 is 0.581 bits per heavy atom. The van der Waals surface area contributed by atoms with Crippen molar-refractivity contribution < 1.29 is 68.8 Å². The van der Waals surface area contributed by atoms with E-state index in [9.17, 15) is 0 Å². The molecule has 0 aromatic heterocycles. The Balaban J connectivity index is 0.000000608. The third-order valence-electron chi connectivity index (χ3n) is 4.44. The topological polar surface area (TPSA) is 55.4 Å². The van der Waals surface area contributed by atoms with Gasteiger partial charge in [-0.3, -0.25) is 0 Å². The zero-order chi connectivity index (χ0) is 31.7. The smallest absolute Gasteiger partial charge is 0.549 e. The molecule has 0 spiro atoms. The summed E-state index contributed by atoms with van der Waals surface area (Å²) >= 11 is 0. The quantitative estimate of drug-likeness (QED) is 0.173. The van der Waals surface area contributed by atoms with Crippen molar-refractivity contribution in [1.82, 2.24) is 0 Å². The Hall–Kier alpha value is -2.20. The zero-order valence-electron chi connectivity index (χ0n) is 28.0. The average Bonchev–Trinajstić information content (AvgIpc) is 2.83. The van der Waals surface area contributed by atoms with Crippen LogP contribution in [0, 0.1) is 58.6 Å². The summed E-state index contributed by atoms with van der Waals surface area (Å²) in [4.78, 5) is 0. The minimum absolute atomic E-state index is 0. The molecule has 0 aliphatic heterocycles. The van der Waals surface area contributed by atoms with Gasteiger partial charge in [-0.15, -0.1) is 36.4 Å². The first-order chi connectivity index (χ1) is 19.7. The zero-order valence-corrected chi connectivity index (χ0v) is 30.6. The SMILES string of the molecule is CC(C)Oc1c[c-]cc(OC(C)C)c1.CC(C)Oc1c[c-]cc(OC(C)C)c1.CC(C)Oc1c[c-]cc(OC(C)C)c1.[Sm+3]. The Bertz CT molecular complexity index is 911. The van der Waals surface area contributed by atoms with Crippen molar-refractivity contribution in [2.75, 3.05) is 0 Å². The number of rotatable bonds is 12. The van der Waals surface area contributed by atoms with Gasteiger partial charge >= 0.3 is 40.4 Å². The van der Waals surface area contributed by atoms with Gasteiger partial charge in [0.05, 0.1) is 36.6 Å². The van der Waals surface area contributed by atoms with E-state index in [0.29, 0.717) is 0 Å². The van der Waals surface area contributed by atoms with Gasteiger partial charge in [-0.25, -0.2) is 0 Å². The second kappa shape index (κ2) is 22.3. The van der Waals surface area contributed by atoms with E-state index in [4.69, 9.17) is 28.4 Å². The molecule has 0 N–H and O–H groups in total. The van der Waals surface area contributed by atoms with Crippen molar-refractivity contribution in [2.45, 2.75) is 120 Å². The molecule has 7 heteroatoms. The minimum Gasteiger partial charge on any atom is -0.549 e. The van der Waals surface area contributed by atoms with Gasteiger partial charge in [0.1, 0.15) is 0 Å². The first-order valence-electron chi connectivity index (χ1n) is 14.8. The minimum atomic E-state index is 0. The van der Waals surface area contributed by atoms with Crippen LogP contribution in [-0.2, 0) is 0 Å². The fourth-order valence-corrected chi connectivity index (χ4v) is 3.33. The van der Waals surface area contributed by atoms with Crippen LogP contribution >= 0.6 is 0 Å². The molecule has 0 heterocycles. The first-order valence-corrected chi connectivity index (χ1v) is 14.8. The molecule has 0 bridgehead atoms. The molecular weight excluding hydrogens is 679 g/mol. The molecule has 0 amide bonds. The molecule has 3 rings (SSSR count). The van der Waals surface area contributed by atoms with Gasteiger partial charge in [0.2, 0.25) is 0 Å². The average molecular weight is 730 g/mol. The van der Waals surface area contributed by atoms with Crippen molar-refractivity contribution in [3.05, 3.63) is 72.8 Å². The summed E-state index contributed by atoms with van der Waals surface area (Å²) in [7, 11) is 0. The summed E-state index contributed by atoms with van der Waals surface area (Å²) < 4.78 is 33.2. The molecule has 0 saturated heterocycles. The number of benzene rings is 3. The van der Waals surface area contributed by atoms with Crippen LogP contribution in [0.15, 0.2) is 54.6 Å². The number of hydrogen-bond acceptors (Lipinski definition) is 6. The van der Waals surface area contributed by atoms with Crippen LogP contribution in [0.2, 0.25) is 0 Å². The van der Waals surface area contributed by atoms with Crippen LogP contribution in [0.3, 0.4) is 0 Å². The third kappa shape index (κ3) is 21.2. The summed E-state index contributed by atoms with van der Waals surface area (Å²) in [6.07, 6.45) is 1.07. The van der Waals surface area contributed by atoms with E-state index in [-0.39, 0.29) is 77.0 Å². The maximum absolute atomic E-state index is 5.53. The van der Waals surface area contributed by atoms with E-state index in [1.807, 2.05) is 138 Å². The molecule has 1 radical (unpaired) electrons. The van der Waals surface area contributed by atoms with Crippen LogP contribution in [0.1, 0.15) is 83.1 Å². The summed E-state index contributed by atoms with van der Waals surface area (Å²) in [5, 5.41) is 0. The number of hydrogen-bond donors (Lipinski definition) is 0. The summed E-state index contributed by atoms with van der Waals surface area (Å²) in [5.41, 5.74) is 0. The first kappa shape index (κ1) is 40.8. The fourth-order valence-electron chi connectivity index (χ4n) is 3.33. The summed E-state index contributed by atoms with van der Waals surface area (Å²) in [5.74, 6) is 4.82. The van der Waals surface area contributed by atoms with Crippen LogP contribution in [0.4, 0.5) is 0 Å². The Morgan fingerprint density at radius 2 is 0.465 bits per heavy atom. The van der Waals surface area contributed by atoms with E-state index in [1.165, 1.54) is 0 Å². The van der Waals surface area contributed by atoms with Crippen molar-refractivity contribution >= 4 is 0 Å². The van der Waals surface area contributed by atoms with Crippen molar-refractivity contribution in [1.29, 1.82) is 0 Å². The van der Waals surface area contributed by atoms with Crippen molar-refractivity contribution in [2.24, 2.45) is 0 Å². The van der Waals surface area contributed by atoms with Crippen LogP contribution < -0.4 is 28.4 Å². The maximum Gasteiger partial charge on any atom is 3.00 e. The Kier molecular flexibility index (Phi) is 21.2. The molecule has 0 fully saturated rings. The predicted octanol–water partition coefficient (Wildman–Crippen LogP) is 9.18. The molecular formula is C36H51O6Sm. The molecule has 0 saturated carbocycles. The molecule has 0 aliphatic carbocycles. The van der Waals surface area contributed by atoms with Gasteiger partial charge in [0, 0.05) is 34.5 Å². The van der Waals surface area contributed by atoms with Gasteiger partial charge in [-0.2, -0.15) is 18.2 Å². The molecule has 0 atom stereocenters. The second-order valence-corrected chi connectivity index (χ2v) is 11.2. The second-order valence-electron chi connectivity index (χ2n) is 11.2. The van der Waals surface area contributed by atoms with Gasteiger partial charge in [0.25, 0.3) is 0 Å². The fraction of sp³-hybridized carbons (Fsp3) is 0.500. The van der Waals surface area contributed by atoms with Gasteiger partial charge in [0.15, 0.2) is 0 Å². The van der Waals surface area contributed by atoms with E-state index < -0.39 is 0 Å². The van der Waals surface area contributed by atoms with Crippen molar-refractivity contribution in [3.63, 3.8) is 0 Å². The monoisotopic (exact) mass is 731 g/mol. The van der Waals surface area contributed by atoms with Crippen molar-refractivity contribution in [3.8, 4) is 34.5 Å². The molecule has 3 aromatic rings. The van der Waals surface area contributed by atoms with Gasteiger partial charge in [-0.05, 0) is 83.1 Å². The normalized spacial score (nSPS) is 10.5. The van der Waals surface area contributed by atoms with Gasteiger partial charge < -0.3 is 28.4 Å². The van der Waals surface area contributed by atoms with Gasteiger partial charge in [-0.1, -0.05) is 18.2 Å². The molecule has 0 unspecified atom stereocenters. The van der Waals surface area contributed by atoms with E-state index in [0.717, 1.165) is 34.5 Å². The molecule has 6 nitrogen and oxygen atoms in total. The van der Waals surface area contributed by atoms with E-state index >= 15 is 0 Å². The van der Waals surface area contributed by atoms with Crippen LogP contribution in [-0.4, -0.2) is 36.6 Å². The standard InChI is InChI=1S/3C12H17O2.Sm/c3*1-9(2)13-11-6-5-7-12(8-11)14-10(3)4;/h3*6-10H,1-4H3;/q3*-1;+3. The Morgan fingerprint density at radius 1 is 0.326 bits per heavy atom. The molecule has 237 valence electrons. The van der Waals surface area contributed by atoms with E-state index in [1.54, 1.807) is 0 Å². The number of ether oxygens (including phenoxy) is 6. The largest absolute Gasteiger partial charge is 3.00 e. The molecule has 0 aliphatic rings. The third-order valence-corrected chi connectivity index (χ3v) is 4.44. The van der Waals surface area contributed by atoms with Crippen LogP contribution in [0.25, 0.3) is 0 Å². The maximum atomic E-state index is 5.53. The summed E-state index contributed by atoms with van der Waals surface area (Å²) in [6.45, 7) is 24.0. The predicted molar refractivity (Wildman–Crippen MR) is 170 cm³/mol. The van der Waals surface area contributed by atoms with Crippen LogP contribution in [0.5, 0.6) is 34.5 Å². The Labute approximate surface area is 293 Å². The summed E-state index contributed by atoms with van der Waals surface area (Å²) in [6, 6.07) is 25.5. The molecule has 3 aromatic carbocycles. The molecule has 43 heavy (non-hydrogen) atoms.